The Kier molecular flexibility index (Phi) is 25.8. The van der Waals surface area contributed by atoms with Crippen LogP contribution < -0.4 is 20.9 Å². The largest absolute Gasteiger partial charge is 0.385 e. The average molecular weight is 1280 g/mol. The highest BCUT2D eigenvalue weighted by atomic mass is 35.5. The molecule has 90 heavy (non-hydrogen) atoms. The molecule has 474 valence electrons. The van der Waals surface area contributed by atoms with Crippen molar-refractivity contribution in [3.05, 3.63) is 206 Å². The number of pyridine rings is 2. The van der Waals surface area contributed by atoms with E-state index in [1.54, 1.807) is 48.8 Å². The number of isocyanates is 1. The molecule has 4 fully saturated rings. The predicted octanol–water partition coefficient (Wildman–Crippen LogP) is 14.6. The summed E-state index contributed by atoms with van der Waals surface area (Å²) < 4.78 is 0. The fraction of sp³-hybridized carbons (Fsp3) is 0.389. The van der Waals surface area contributed by atoms with E-state index in [4.69, 9.17) is 34.8 Å². The number of aryl methyl sites for hydroxylation is 7. The minimum absolute atomic E-state index is 0.111. The van der Waals surface area contributed by atoms with Crippen LogP contribution in [0.3, 0.4) is 0 Å². The van der Waals surface area contributed by atoms with Crippen LogP contribution in [0.1, 0.15) is 79.2 Å². The first kappa shape index (κ1) is 68.3. The monoisotopic (exact) mass is 1270 g/mol. The molecule has 4 aliphatic rings. The van der Waals surface area contributed by atoms with Crippen molar-refractivity contribution in [1.82, 2.24) is 29.6 Å². The minimum atomic E-state index is -0.158. The van der Waals surface area contributed by atoms with Gasteiger partial charge in [-0.15, -0.1) is 11.6 Å². The van der Waals surface area contributed by atoms with Gasteiger partial charge in [-0.1, -0.05) is 76.3 Å². The molecule has 4 unspecified atom stereocenters. The van der Waals surface area contributed by atoms with Crippen molar-refractivity contribution in [3.63, 3.8) is 0 Å². The van der Waals surface area contributed by atoms with Gasteiger partial charge in [0.15, 0.2) is 0 Å². The van der Waals surface area contributed by atoms with E-state index in [0.29, 0.717) is 51.6 Å². The quantitative estimate of drug-likeness (QED) is 0.0327. The summed E-state index contributed by atoms with van der Waals surface area (Å²) in [6.07, 6.45) is 7.99. The normalized spacial score (nSPS) is 17.3. The topological polar surface area (TPSA) is 159 Å². The van der Waals surface area contributed by atoms with Crippen LogP contribution in [-0.2, 0) is 4.79 Å². The summed E-state index contributed by atoms with van der Waals surface area (Å²) in [5.41, 5.74) is 13.5. The van der Waals surface area contributed by atoms with E-state index in [-0.39, 0.29) is 17.8 Å². The van der Waals surface area contributed by atoms with Gasteiger partial charge >= 0.3 is 6.03 Å². The van der Waals surface area contributed by atoms with Gasteiger partial charge in [-0.3, -0.25) is 24.5 Å². The maximum absolute atomic E-state index is 13.3. The molecule has 0 saturated carbocycles. The molecule has 2 aromatic heterocycles. The number of carbonyl (C=O) groups excluding carboxylic acids is 4. The van der Waals surface area contributed by atoms with Crippen molar-refractivity contribution in [2.24, 2.45) is 28.7 Å². The molecule has 3 N–H and O–H groups in total. The number of carbonyl (C=O) groups is 3. The fourth-order valence-electron chi connectivity index (χ4n) is 12.2. The summed E-state index contributed by atoms with van der Waals surface area (Å²) in [7, 11) is 0. The van der Waals surface area contributed by atoms with Gasteiger partial charge in [-0.2, -0.15) is 4.99 Å². The van der Waals surface area contributed by atoms with Crippen LogP contribution in [0.25, 0.3) is 0 Å². The SMILES string of the molecule is Cc1ccc(N(CCCN2CC3CN(C(=O)c4c(C)ccnc4C)CC3C2)C(=O)Nc2ccc(Cl)cc2)cc1.Cc1ccc(NCCCCl)cc1.Cc1ccc(NCCCN2CC3CN(C(=O)c4c(C)ccnc4C)CC3C2)cc1.O=C=Nc1ccc(Cl)cc1. The lowest BCUT2D eigenvalue weighted by Crippen LogP contribution is -2.38. The highest BCUT2D eigenvalue weighted by molar-refractivity contribution is 6.31. The van der Waals surface area contributed by atoms with Crippen LogP contribution in [0, 0.1) is 72.1 Å². The van der Waals surface area contributed by atoms with E-state index >= 15 is 0 Å². The van der Waals surface area contributed by atoms with Crippen LogP contribution in [0.15, 0.2) is 151 Å². The second-order valence-electron chi connectivity index (χ2n) is 24.1. The molecule has 18 heteroatoms. The Balaban J connectivity index is 0.000000177. The lowest BCUT2D eigenvalue weighted by atomic mass is 10.0. The summed E-state index contributed by atoms with van der Waals surface area (Å²) >= 11 is 17.1. The number of likely N-dealkylation sites (tertiary alicyclic amines) is 4. The molecule has 4 amide bonds. The van der Waals surface area contributed by atoms with Gasteiger partial charge < -0.3 is 35.6 Å². The molecule has 15 nitrogen and oxygen atoms in total. The van der Waals surface area contributed by atoms with E-state index in [9.17, 15) is 19.2 Å². The summed E-state index contributed by atoms with van der Waals surface area (Å²) in [6, 6.07) is 42.5. The second-order valence-corrected chi connectivity index (χ2v) is 25.3. The number of anilines is 4. The maximum Gasteiger partial charge on any atom is 0.326 e. The van der Waals surface area contributed by atoms with Gasteiger partial charge in [-0.25, -0.2) is 9.59 Å². The highest BCUT2D eigenvalue weighted by Gasteiger charge is 2.43. The van der Waals surface area contributed by atoms with Gasteiger partial charge in [0.2, 0.25) is 6.08 Å². The third-order valence-corrected chi connectivity index (χ3v) is 17.9. The van der Waals surface area contributed by atoms with Crippen molar-refractivity contribution in [3.8, 4) is 0 Å². The van der Waals surface area contributed by atoms with E-state index in [1.807, 2.05) is 92.9 Å². The molecule has 0 radical (unpaired) electrons. The van der Waals surface area contributed by atoms with E-state index in [0.717, 1.165) is 149 Å². The standard InChI is InChI=1S/C31H36ClN5O2.C24H32N4O.C10H14ClN.C7H4ClNO/c1-21-5-11-28(12-6-21)37(31(39)34-27-9-7-26(32)8-10-27)16-4-15-35-17-24-19-36(20-25(24)18-35)30(38)29-22(2)13-14-33-23(29)3;1-17-5-7-22(8-6-17)26-10-4-12-27-13-20-15-28(16-21(20)14-27)24(29)23-18(2)9-11-25-19(23)3;1-9-3-5-10(6-4-9)12-8-2-7-11;8-6-1-3-7(4-2-6)9-5-10/h5-14,24-25H,4,15-20H2,1-3H3,(H,34,39);5-9,11,20-21,26H,4,10,12-16H2,1-3H3;3-6,12H,2,7-8H2,1H3;1-4H. The third-order valence-electron chi connectivity index (χ3n) is 17.1. The van der Waals surface area contributed by atoms with Crippen molar-refractivity contribution in [2.75, 3.05) is 112 Å². The molecule has 0 spiro atoms. The number of aromatic nitrogens is 2. The Bertz CT molecular complexity index is 3430. The Morgan fingerprint density at radius 1 is 0.522 bits per heavy atom. The van der Waals surface area contributed by atoms with Gasteiger partial charge in [-0.05, 0) is 213 Å². The zero-order valence-corrected chi connectivity index (χ0v) is 55.3. The number of nitrogens with zero attached hydrogens (tertiary/aromatic N) is 8. The molecule has 11 rings (SSSR count). The number of hydrogen-bond donors (Lipinski definition) is 3. The molecule has 5 aromatic carbocycles. The Morgan fingerprint density at radius 2 is 0.922 bits per heavy atom. The summed E-state index contributed by atoms with van der Waals surface area (Å²) in [4.78, 5) is 72.3. The summed E-state index contributed by atoms with van der Waals surface area (Å²) in [6.45, 7) is 26.2. The van der Waals surface area contributed by atoms with E-state index < -0.39 is 0 Å². The first-order valence-electron chi connectivity index (χ1n) is 31.2. The predicted molar refractivity (Wildman–Crippen MR) is 368 cm³/mol. The summed E-state index contributed by atoms with van der Waals surface area (Å²) in [5.74, 6) is 3.21. The Labute approximate surface area is 547 Å². The Hall–Kier alpha value is -7.62. The highest BCUT2D eigenvalue weighted by Crippen LogP contribution is 2.34. The molecule has 4 aliphatic heterocycles. The number of benzene rings is 5. The number of amides is 4. The van der Waals surface area contributed by atoms with Crippen molar-refractivity contribution in [1.29, 1.82) is 0 Å². The summed E-state index contributed by atoms with van der Waals surface area (Å²) in [5, 5.41) is 11.1. The zero-order chi connectivity index (χ0) is 64.1. The first-order valence-corrected chi connectivity index (χ1v) is 32.5. The second kappa shape index (κ2) is 34.0. The zero-order valence-electron chi connectivity index (χ0n) is 53.0. The maximum atomic E-state index is 13.3. The van der Waals surface area contributed by atoms with Crippen LogP contribution in [0.5, 0.6) is 0 Å². The smallest absolute Gasteiger partial charge is 0.326 e. The van der Waals surface area contributed by atoms with Gasteiger partial charge in [0, 0.05) is 123 Å². The number of hydrogen-bond acceptors (Lipinski definition) is 11. The molecule has 7 aromatic rings. The van der Waals surface area contributed by atoms with Crippen LogP contribution in [0.2, 0.25) is 10.0 Å². The Morgan fingerprint density at radius 3 is 1.34 bits per heavy atom. The molecule has 0 bridgehead atoms. The molecular formula is C72H86Cl3N11O4. The van der Waals surface area contributed by atoms with Crippen molar-refractivity contribution >= 4 is 87.2 Å². The number of nitrogens with one attached hydrogen (secondary N) is 3. The van der Waals surface area contributed by atoms with Gasteiger partial charge in [0.25, 0.3) is 11.8 Å². The minimum Gasteiger partial charge on any atom is -0.385 e. The third kappa shape index (κ3) is 19.9. The average Bonchev–Trinajstić information content (AvgIpc) is 1.69. The lowest BCUT2D eigenvalue weighted by Gasteiger charge is -2.26. The molecule has 4 atom stereocenters. The van der Waals surface area contributed by atoms with Crippen LogP contribution in [0.4, 0.5) is 33.2 Å². The van der Waals surface area contributed by atoms with E-state index in [1.165, 1.54) is 28.6 Å². The first-order chi connectivity index (χ1) is 43.4. The number of fused-ring (bicyclic) bond motifs is 2. The molecule has 6 heterocycles. The number of rotatable bonds is 18. The van der Waals surface area contributed by atoms with Crippen LogP contribution >= 0.6 is 34.8 Å². The number of halogens is 3. The van der Waals surface area contributed by atoms with Crippen LogP contribution in [-0.4, -0.2) is 144 Å². The van der Waals surface area contributed by atoms with Gasteiger partial charge in [0.1, 0.15) is 0 Å². The van der Waals surface area contributed by atoms with E-state index in [2.05, 4.69) is 108 Å². The number of aliphatic imine (C=N–C) groups is 1. The lowest BCUT2D eigenvalue weighted by molar-refractivity contribution is 0.0764. The van der Waals surface area contributed by atoms with Crippen molar-refractivity contribution < 1.29 is 19.2 Å². The number of urea groups is 1. The number of alkyl halides is 1. The van der Waals surface area contributed by atoms with Crippen molar-refractivity contribution in [2.45, 2.75) is 67.7 Å². The van der Waals surface area contributed by atoms with Gasteiger partial charge in [0.05, 0.1) is 28.2 Å². The molecule has 4 saturated heterocycles. The molecule has 0 aliphatic carbocycles. The fourth-order valence-corrected chi connectivity index (χ4v) is 12.6. The molecular weight excluding hydrogens is 1190 g/mol.